The van der Waals surface area contributed by atoms with Gasteiger partial charge in [0.15, 0.2) is 0 Å². The van der Waals surface area contributed by atoms with Crippen LogP contribution >= 0.6 is 0 Å². The molecule has 8 heteroatoms. The van der Waals surface area contributed by atoms with Gasteiger partial charge in [0.25, 0.3) is 0 Å². The number of hydrogen-bond donors (Lipinski definition) is 2. The molecule has 0 saturated carbocycles. The number of fused-ring (bicyclic) bond motifs is 1. The van der Waals surface area contributed by atoms with E-state index in [-0.39, 0.29) is 11.9 Å². The van der Waals surface area contributed by atoms with E-state index in [0.717, 1.165) is 54.4 Å². The number of carbonyl (C=O) groups excluding carboxylic acids is 1. The number of piperidine rings is 1. The first-order chi connectivity index (χ1) is 14.2. The lowest BCUT2D eigenvalue weighted by atomic mass is 10.0. The Labute approximate surface area is 171 Å². The molecule has 1 amide bonds. The summed E-state index contributed by atoms with van der Waals surface area (Å²) in [5, 5.41) is 6.85. The molecule has 1 aromatic heterocycles. The lowest BCUT2D eigenvalue weighted by molar-refractivity contribution is -0.132. The Morgan fingerprint density at radius 1 is 1.28 bits per heavy atom. The maximum absolute atomic E-state index is 12.9. The van der Waals surface area contributed by atoms with Gasteiger partial charge in [-0.25, -0.2) is 9.97 Å². The second-order valence-electron chi connectivity index (χ2n) is 7.57. The Bertz CT molecular complexity index is 868. The number of methoxy groups -OCH3 is 1. The summed E-state index contributed by atoms with van der Waals surface area (Å²) in [4.78, 5) is 25.8. The first-order valence-electron chi connectivity index (χ1n) is 10.1. The van der Waals surface area contributed by atoms with Gasteiger partial charge in [0, 0.05) is 31.7 Å². The molecule has 1 saturated heterocycles. The van der Waals surface area contributed by atoms with E-state index in [0.29, 0.717) is 19.6 Å². The molecule has 0 bridgehead atoms. The predicted molar refractivity (Wildman–Crippen MR) is 112 cm³/mol. The van der Waals surface area contributed by atoms with Crippen molar-refractivity contribution in [2.75, 3.05) is 44.0 Å². The summed E-state index contributed by atoms with van der Waals surface area (Å²) < 4.78 is 5.45. The largest absolute Gasteiger partial charge is 0.496 e. The molecule has 8 nitrogen and oxygen atoms in total. The molecule has 154 valence electrons. The van der Waals surface area contributed by atoms with Crippen molar-refractivity contribution in [3.63, 3.8) is 0 Å². The van der Waals surface area contributed by atoms with Crippen molar-refractivity contribution in [1.29, 1.82) is 0 Å². The number of nitrogens with zero attached hydrogens (tertiary/aromatic N) is 4. The Kier molecular flexibility index (Phi) is 5.80. The van der Waals surface area contributed by atoms with Crippen molar-refractivity contribution < 1.29 is 9.53 Å². The third-order valence-electron chi connectivity index (χ3n) is 5.66. The van der Waals surface area contributed by atoms with Gasteiger partial charge in [-0.1, -0.05) is 18.2 Å². The number of ether oxygens (including phenoxy) is 1. The molecule has 0 radical (unpaired) electrons. The quantitative estimate of drug-likeness (QED) is 0.795. The number of aromatic nitrogens is 2. The molecule has 2 N–H and O–H groups in total. The fourth-order valence-electron chi connectivity index (χ4n) is 4.12. The highest BCUT2D eigenvalue weighted by Gasteiger charge is 2.32. The van der Waals surface area contributed by atoms with Crippen LogP contribution in [0.25, 0.3) is 0 Å². The topological polar surface area (TPSA) is 82.6 Å². The summed E-state index contributed by atoms with van der Waals surface area (Å²) in [6.07, 6.45) is 3.67. The molecule has 2 aliphatic rings. The zero-order valence-corrected chi connectivity index (χ0v) is 17.0. The maximum atomic E-state index is 12.9. The highest BCUT2D eigenvalue weighted by atomic mass is 16.5. The number of benzene rings is 1. The van der Waals surface area contributed by atoms with Crippen LogP contribution in [-0.4, -0.2) is 60.6 Å². The molecule has 4 rings (SSSR count). The van der Waals surface area contributed by atoms with E-state index < -0.39 is 0 Å². The smallest absolute Gasteiger partial charge is 0.242 e. The second kappa shape index (κ2) is 8.65. The average molecular weight is 396 g/mol. The fraction of sp³-hybridized carbons (Fsp3) is 0.476. The number of anilines is 2. The van der Waals surface area contributed by atoms with Gasteiger partial charge in [-0.15, -0.1) is 0 Å². The van der Waals surface area contributed by atoms with E-state index in [9.17, 15) is 4.79 Å². The minimum atomic E-state index is 0.134. The summed E-state index contributed by atoms with van der Waals surface area (Å²) in [5.74, 6) is 2.54. The van der Waals surface area contributed by atoms with Crippen molar-refractivity contribution in [2.24, 2.45) is 0 Å². The Morgan fingerprint density at radius 3 is 2.93 bits per heavy atom. The second-order valence-corrected chi connectivity index (χ2v) is 7.57. The van der Waals surface area contributed by atoms with Crippen molar-refractivity contribution in [2.45, 2.75) is 32.0 Å². The molecular weight excluding hydrogens is 368 g/mol. The summed E-state index contributed by atoms with van der Waals surface area (Å²) in [7, 11) is 3.59. The van der Waals surface area contributed by atoms with Crippen molar-refractivity contribution >= 4 is 17.5 Å². The maximum Gasteiger partial charge on any atom is 0.242 e. The molecular formula is C21H28N6O2. The van der Waals surface area contributed by atoms with Gasteiger partial charge in [0.1, 0.15) is 23.7 Å². The number of rotatable bonds is 5. The first kappa shape index (κ1) is 19.4. The van der Waals surface area contributed by atoms with Crippen molar-refractivity contribution in [1.82, 2.24) is 20.2 Å². The highest BCUT2D eigenvalue weighted by Crippen LogP contribution is 2.30. The molecule has 1 aromatic carbocycles. The van der Waals surface area contributed by atoms with Crippen molar-refractivity contribution in [3.05, 3.63) is 41.7 Å². The Balaban J connectivity index is 1.61. The Morgan fingerprint density at radius 2 is 2.14 bits per heavy atom. The molecule has 2 aromatic rings. The SMILES string of the molecule is COc1ccccc1CNc1ncnc2c1CN(C1CCCNC1)C(=O)CN2C. The highest BCUT2D eigenvalue weighted by molar-refractivity contribution is 5.84. The van der Waals surface area contributed by atoms with Gasteiger partial charge in [-0.05, 0) is 25.5 Å². The third-order valence-corrected chi connectivity index (χ3v) is 5.66. The van der Waals surface area contributed by atoms with Gasteiger partial charge < -0.3 is 25.2 Å². The number of nitrogens with one attached hydrogen (secondary N) is 2. The van der Waals surface area contributed by atoms with Crippen LogP contribution in [0.2, 0.25) is 0 Å². The van der Waals surface area contributed by atoms with Gasteiger partial charge in [0.05, 0.1) is 25.8 Å². The van der Waals surface area contributed by atoms with Crippen LogP contribution in [0.4, 0.5) is 11.6 Å². The van der Waals surface area contributed by atoms with Gasteiger partial charge in [0.2, 0.25) is 5.91 Å². The summed E-state index contributed by atoms with van der Waals surface area (Å²) in [6, 6.07) is 8.13. The molecule has 1 fully saturated rings. The molecule has 1 atom stereocenters. The molecule has 1 unspecified atom stereocenters. The number of likely N-dealkylation sites (N-methyl/N-ethyl adjacent to an activating group) is 1. The molecule has 3 heterocycles. The van der Waals surface area contributed by atoms with E-state index in [1.54, 1.807) is 13.4 Å². The lowest BCUT2D eigenvalue weighted by Crippen LogP contribution is -2.49. The molecule has 0 aliphatic carbocycles. The van der Waals surface area contributed by atoms with E-state index in [4.69, 9.17) is 4.74 Å². The number of para-hydroxylation sites is 1. The monoisotopic (exact) mass is 396 g/mol. The zero-order valence-electron chi connectivity index (χ0n) is 17.0. The van der Waals surface area contributed by atoms with Crippen molar-refractivity contribution in [3.8, 4) is 5.75 Å². The fourth-order valence-corrected chi connectivity index (χ4v) is 4.12. The van der Waals surface area contributed by atoms with Crippen LogP contribution in [-0.2, 0) is 17.9 Å². The van der Waals surface area contributed by atoms with E-state index in [2.05, 4.69) is 20.6 Å². The van der Waals surface area contributed by atoms with Crippen LogP contribution < -0.4 is 20.3 Å². The lowest BCUT2D eigenvalue weighted by Gasteiger charge is -2.34. The normalized spacial score (nSPS) is 19.5. The molecule has 0 spiro atoms. The third kappa shape index (κ3) is 4.12. The molecule has 29 heavy (non-hydrogen) atoms. The van der Waals surface area contributed by atoms with Gasteiger partial charge in [-0.2, -0.15) is 0 Å². The van der Waals surface area contributed by atoms with E-state index in [1.807, 2.05) is 41.1 Å². The standard InChI is InChI=1S/C21H28N6O2/c1-26-13-19(28)27(16-7-5-9-22-11-16)12-17-20(24-14-25-21(17)26)23-10-15-6-3-4-8-18(15)29-2/h3-4,6,8,14,16,22H,5,7,9-13H2,1-2H3,(H,23,24,25). The summed E-state index contributed by atoms with van der Waals surface area (Å²) in [5.41, 5.74) is 2.01. The van der Waals surface area contributed by atoms with E-state index >= 15 is 0 Å². The van der Waals surface area contributed by atoms with Crippen LogP contribution in [0.1, 0.15) is 24.0 Å². The molecule has 2 aliphatic heterocycles. The summed E-state index contributed by atoms with van der Waals surface area (Å²) in [6.45, 7) is 3.27. The van der Waals surface area contributed by atoms with Crippen LogP contribution in [0, 0.1) is 0 Å². The van der Waals surface area contributed by atoms with Gasteiger partial charge in [-0.3, -0.25) is 4.79 Å². The van der Waals surface area contributed by atoms with E-state index in [1.165, 1.54) is 0 Å². The number of amides is 1. The summed E-state index contributed by atoms with van der Waals surface area (Å²) >= 11 is 0. The zero-order chi connectivity index (χ0) is 20.2. The van der Waals surface area contributed by atoms with Gasteiger partial charge >= 0.3 is 0 Å². The first-order valence-corrected chi connectivity index (χ1v) is 10.1. The number of carbonyl (C=O) groups is 1. The Hall–Kier alpha value is -2.87. The minimum absolute atomic E-state index is 0.134. The number of hydrogen-bond acceptors (Lipinski definition) is 7. The van der Waals surface area contributed by atoms with Crippen LogP contribution in [0.3, 0.4) is 0 Å². The average Bonchev–Trinajstić information content (AvgIpc) is 2.89. The van der Waals surface area contributed by atoms with Crippen LogP contribution in [0.5, 0.6) is 5.75 Å². The van der Waals surface area contributed by atoms with Crippen LogP contribution in [0.15, 0.2) is 30.6 Å². The predicted octanol–water partition coefficient (Wildman–Crippen LogP) is 1.63. The minimum Gasteiger partial charge on any atom is -0.496 e.